The molecule has 0 heterocycles. The maximum absolute atomic E-state index is 5.68. The minimum Gasteiger partial charge on any atom is -0.381 e. The lowest BCUT2D eigenvalue weighted by molar-refractivity contribution is 0.0568. The van der Waals surface area contributed by atoms with Crippen LogP contribution in [0.5, 0.6) is 0 Å². The van der Waals surface area contributed by atoms with E-state index < -0.39 is 0 Å². The second-order valence-electron chi connectivity index (χ2n) is 4.98. The average molecular weight is 186 g/mol. The Morgan fingerprint density at radius 1 is 0.692 bits per heavy atom. The normalized spacial score (nSPS) is 16.6. The molecule has 0 aromatic heterocycles. The average Bonchev–Trinajstić information content (AvgIpc) is 2.03. The molecule has 1 nitrogen and oxygen atoms in total. The summed E-state index contributed by atoms with van der Waals surface area (Å²) in [5.41, 5.74) is 0. The molecule has 0 aliphatic heterocycles. The molecule has 0 spiro atoms. The van der Waals surface area contributed by atoms with E-state index in [0.717, 1.165) is 25.0 Å². The molecule has 13 heavy (non-hydrogen) atoms. The highest BCUT2D eigenvalue weighted by atomic mass is 16.5. The van der Waals surface area contributed by atoms with E-state index in [0.29, 0.717) is 11.8 Å². The van der Waals surface area contributed by atoms with Crippen LogP contribution in [0.2, 0.25) is 0 Å². The van der Waals surface area contributed by atoms with Crippen molar-refractivity contribution in [1.29, 1.82) is 0 Å². The molecule has 0 saturated heterocycles. The predicted molar refractivity (Wildman–Crippen MR) is 58.8 cm³/mol. The molecule has 0 aromatic rings. The van der Waals surface area contributed by atoms with Crippen molar-refractivity contribution in [3.8, 4) is 0 Å². The summed E-state index contributed by atoms with van der Waals surface area (Å²) in [6.45, 7) is 15.3. The molecule has 1 heteroatoms. The van der Waals surface area contributed by atoms with E-state index in [2.05, 4.69) is 41.5 Å². The first-order chi connectivity index (χ1) is 5.95. The van der Waals surface area contributed by atoms with Crippen LogP contribution in [0.1, 0.15) is 41.5 Å². The van der Waals surface area contributed by atoms with Crippen molar-refractivity contribution >= 4 is 0 Å². The van der Waals surface area contributed by atoms with E-state index >= 15 is 0 Å². The van der Waals surface area contributed by atoms with Crippen LogP contribution >= 0.6 is 0 Å². The molecule has 0 aromatic carbocycles. The van der Waals surface area contributed by atoms with Crippen LogP contribution < -0.4 is 0 Å². The summed E-state index contributed by atoms with van der Waals surface area (Å²) in [6, 6.07) is 0. The first-order valence-electron chi connectivity index (χ1n) is 5.52. The monoisotopic (exact) mass is 186 g/mol. The zero-order valence-electron chi connectivity index (χ0n) is 10.1. The van der Waals surface area contributed by atoms with Crippen LogP contribution in [0.3, 0.4) is 0 Å². The van der Waals surface area contributed by atoms with Gasteiger partial charge in [0.25, 0.3) is 0 Å². The van der Waals surface area contributed by atoms with Crippen molar-refractivity contribution in [2.24, 2.45) is 23.7 Å². The maximum atomic E-state index is 5.68. The number of hydrogen-bond acceptors (Lipinski definition) is 1. The fraction of sp³-hybridized carbons (Fsp3) is 1.00. The Balaban J connectivity index is 3.45. The molecule has 0 amide bonds. The van der Waals surface area contributed by atoms with E-state index in [9.17, 15) is 0 Å². The summed E-state index contributed by atoms with van der Waals surface area (Å²) >= 11 is 0. The third kappa shape index (κ3) is 6.09. The number of ether oxygens (including phenoxy) is 1. The predicted octanol–water partition coefficient (Wildman–Crippen LogP) is 3.59. The molecule has 80 valence electrons. The Morgan fingerprint density at radius 2 is 1.00 bits per heavy atom. The molecular weight excluding hydrogens is 160 g/mol. The van der Waals surface area contributed by atoms with Gasteiger partial charge in [0.15, 0.2) is 0 Å². The fourth-order valence-electron chi connectivity index (χ4n) is 0.825. The van der Waals surface area contributed by atoms with Crippen LogP contribution in [0.15, 0.2) is 0 Å². The minimum absolute atomic E-state index is 0.680. The summed E-state index contributed by atoms with van der Waals surface area (Å²) in [5, 5.41) is 0. The van der Waals surface area contributed by atoms with Crippen molar-refractivity contribution in [2.75, 3.05) is 13.2 Å². The van der Waals surface area contributed by atoms with Gasteiger partial charge in [0.2, 0.25) is 0 Å². The highest BCUT2D eigenvalue weighted by Gasteiger charge is 2.10. The molecule has 0 bridgehead atoms. The quantitative estimate of drug-likeness (QED) is 0.616. The van der Waals surface area contributed by atoms with Gasteiger partial charge < -0.3 is 4.74 Å². The lowest BCUT2D eigenvalue weighted by atomic mass is 9.98. The Hall–Kier alpha value is -0.0400. The molecular formula is C12H26O. The molecule has 0 aliphatic rings. The van der Waals surface area contributed by atoms with Crippen molar-refractivity contribution in [2.45, 2.75) is 41.5 Å². The molecule has 0 N–H and O–H groups in total. The van der Waals surface area contributed by atoms with Gasteiger partial charge in [0.1, 0.15) is 0 Å². The van der Waals surface area contributed by atoms with Crippen molar-refractivity contribution in [1.82, 2.24) is 0 Å². The SMILES string of the molecule is CC(C)[C@H](C)COC[C@H](C)C(C)C. The van der Waals surface area contributed by atoms with E-state index in [4.69, 9.17) is 4.74 Å². The molecule has 2 atom stereocenters. The number of hydrogen-bond donors (Lipinski definition) is 0. The van der Waals surface area contributed by atoms with Crippen molar-refractivity contribution < 1.29 is 4.74 Å². The first kappa shape index (κ1) is 13.0. The molecule has 0 radical (unpaired) electrons. The van der Waals surface area contributed by atoms with Gasteiger partial charge in [-0.15, -0.1) is 0 Å². The van der Waals surface area contributed by atoms with Crippen LogP contribution in [0.4, 0.5) is 0 Å². The topological polar surface area (TPSA) is 9.23 Å². The van der Waals surface area contributed by atoms with Crippen LogP contribution in [0, 0.1) is 23.7 Å². The Kier molecular flexibility index (Phi) is 6.40. The lowest BCUT2D eigenvalue weighted by Crippen LogP contribution is -2.17. The molecule has 0 saturated carbocycles. The van der Waals surface area contributed by atoms with Gasteiger partial charge in [-0.2, -0.15) is 0 Å². The fourth-order valence-corrected chi connectivity index (χ4v) is 0.825. The second kappa shape index (κ2) is 6.42. The summed E-state index contributed by atoms with van der Waals surface area (Å²) in [6.07, 6.45) is 0. The van der Waals surface area contributed by atoms with Crippen LogP contribution in [-0.2, 0) is 4.74 Å². The zero-order valence-corrected chi connectivity index (χ0v) is 10.1. The van der Waals surface area contributed by atoms with Gasteiger partial charge in [0.05, 0.1) is 0 Å². The highest BCUT2D eigenvalue weighted by Crippen LogP contribution is 2.13. The zero-order chi connectivity index (χ0) is 10.4. The molecule has 0 fully saturated rings. The van der Waals surface area contributed by atoms with Gasteiger partial charge in [-0.25, -0.2) is 0 Å². The van der Waals surface area contributed by atoms with Crippen LogP contribution in [-0.4, -0.2) is 13.2 Å². The van der Waals surface area contributed by atoms with Gasteiger partial charge in [-0.05, 0) is 23.7 Å². The Morgan fingerprint density at radius 3 is 1.23 bits per heavy atom. The van der Waals surface area contributed by atoms with E-state index in [1.165, 1.54) is 0 Å². The number of rotatable bonds is 6. The Labute approximate surface area is 83.9 Å². The largest absolute Gasteiger partial charge is 0.381 e. The van der Waals surface area contributed by atoms with E-state index in [1.807, 2.05) is 0 Å². The van der Waals surface area contributed by atoms with Crippen molar-refractivity contribution in [3.05, 3.63) is 0 Å². The second-order valence-corrected chi connectivity index (χ2v) is 4.98. The highest BCUT2D eigenvalue weighted by molar-refractivity contribution is 4.58. The van der Waals surface area contributed by atoms with Gasteiger partial charge >= 0.3 is 0 Å². The van der Waals surface area contributed by atoms with Gasteiger partial charge in [-0.3, -0.25) is 0 Å². The standard InChI is InChI=1S/C12H26O/c1-9(2)11(5)7-13-8-12(6)10(3)4/h9-12H,7-8H2,1-6H3/t11-,12+. The summed E-state index contributed by atoms with van der Waals surface area (Å²) in [4.78, 5) is 0. The van der Waals surface area contributed by atoms with E-state index in [-0.39, 0.29) is 0 Å². The summed E-state index contributed by atoms with van der Waals surface area (Å²) in [7, 11) is 0. The molecule has 0 rings (SSSR count). The third-order valence-electron chi connectivity index (χ3n) is 3.04. The van der Waals surface area contributed by atoms with Crippen LogP contribution in [0.25, 0.3) is 0 Å². The first-order valence-corrected chi connectivity index (χ1v) is 5.52. The summed E-state index contributed by atoms with van der Waals surface area (Å²) in [5.74, 6) is 2.82. The molecule has 0 aliphatic carbocycles. The van der Waals surface area contributed by atoms with Gasteiger partial charge in [-0.1, -0.05) is 41.5 Å². The molecule has 0 unspecified atom stereocenters. The maximum Gasteiger partial charge on any atom is 0.0494 e. The summed E-state index contributed by atoms with van der Waals surface area (Å²) < 4.78 is 5.68. The Bertz CT molecular complexity index is 104. The smallest absolute Gasteiger partial charge is 0.0494 e. The third-order valence-corrected chi connectivity index (χ3v) is 3.04. The minimum atomic E-state index is 0.680. The van der Waals surface area contributed by atoms with Crippen molar-refractivity contribution in [3.63, 3.8) is 0 Å². The lowest BCUT2D eigenvalue weighted by Gasteiger charge is -2.19. The van der Waals surface area contributed by atoms with E-state index in [1.54, 1.807) is 0 Å². The van der Waals surface area contributed by atoms with Gasteiger partial charge in [0, 0.05) is 13.2 Å².